The molecule has 8 heteroatoms. The second-order valence-corrected chi connectivity index (χ2v) is 8.12. The molecule has 0 aliphatic rings. The monoisotopic (exact) mass is 474 g/mol. The lowest BCUT2D eigenvalue weighted by atomic mass is 10.0. The van der Waals surface area contributed by atoms with E-state index in [-0.39, 0.29) is 0 Å². The molecular formula is C24H34N4O2S2. The zero-order valence-electron chi connectivity index (χ0n) is 19.3. The van der Waals surface area contributed by atoms with Gasteiger partial charge in [-0.25, -0.2) is 0 Å². The minimum Gasteiger partial charge on any atom is -0.495 e. The smallest absolute Gasteiger partial charge is 0.170 e. The molecule has 32 heavy (non-hydrogen) atoms. The molecule has 6 nitrogen and oxygen atoms in total. The fourth-order valence-electron chi connectivity index (χ4n) is 3.04. The van der Waals surface area contributed by atoms with Gasteiger partial charge in [0.1, 0.15) is 11.5 Å². The molecule has 0 amide bonds. The molecule has 0 spiro atoms. The van der Waals surface area contributed by atoms with Crippen LogP contribution in [0.2, 0.25) is 0 Å². The third kappa shape index (κ3) is 7.84. The zero-order chi connectivity index (χ0) is 23.3. The van der Waals surface area contributed by atoms with Crippen LogP contribution in [0.15, 0.2) is 36.4 Å². The Morgan fingerprint density at radius 2 is 1.12 bits per heavy atom. The molecule has 0 radical (unpaired) electrons. The highest BCUT2D eigenvalue weighted by molar-refractivity contribution is 7.80. The molecule has 0 fully saturated rings. The van der Waals surface area contributed by atoms with Crippen molar-refractivity contribution >= 4 is 46.0 Å². The molecular weight excluding hydrogens is 440 g/mol. The van der Waals surface area contributed by atoms with Crippen molar-refractivity contribution in [3.8, 4) is 22.6 Å². The van der Waals surface area contributed by atoms with Gasteiger partial charge in [-0.15, -0.1) is 0 Å². The Morgan fingerprint density at radius 3 is 1.47 bits per heavy atom. The molecule has 0 aliphatic carbocycles. The third-order valence-corrected chi connectivity index (χ3v) is 5.36. The molecule has 0 saturated heterocycles. The molecule has 0 aromatic heterocycles. The van der Waals surface area contributed by atoms with Crippen LogP contribution in [-0.4, -0.2) is 37.5 Å². The van der Waals surface area contributed by atoms with Gasteiger partial charge < -0.3 is 30.7 Å². The van der Waals surface area contributed by atoms with Crippen LogP contribution in [0.25, 0.3) is 11.1 Å². The van der Waals surface area contributed by atoms with E-state index in [0.717, 1.165) is 61.3 Å². The van der Waals surface area contributed by atoms with Crippen LogP contribution in [0, 0.1) is 0 Å². The highest BCUT2D eigenvalue weighted by Gasteiger charge is 2.11. The maximum Gasteiger partial charge on any atom is 0.170 e. The average Bonchev–Trinajstić information content (AvgIpc) is 2.80. The van der Waals surface area contributed by atoms with Crippen LogP contribution in [0.1, 0.15) is 39.5 Å². The van der Waals surface area contributed by atoms with Gasteiger partial charge in [0.2, 0.25) is 0 Å². The van der Waals surface area contributed by atoms with Gasteiger partial charge in [-0.1, -0.05) is 38.8 Å². The highest BCUT2D eigenvalue weighted by Crippen LogP contribution is 2.35. The topological polar surface area (TPSA) is 66.6 Å². The Kier molecular flexibility index (Phi) is 11.0. The SMILES string of the molecule is CCCCNC(=S)Nc1ccc(-c2ccc(NC(=S)NCCCC)c(OC)c2)cc1OC. The number of hydrogen-bond acceptors (Lipinski definition) is 4. The average molecular weight is 475 g/mol. The lowest BCUT2D eigenvalue weighted by Gasteiger charge is -2.16. The number of benzene rings is 2. The van der Waals surface area contributed by atoms with Crippen molar-refractivity contribution < 1.29 is 9.47 Å². The van der Waals surface area contributed by atoms with Gasteiger partial charge in [0, 0.05) is 13.1 Å². The first-order valence-electron chi connectivity index (χ1n) is 11.0. The van der Waals surface area contributed by atoms with Crippen LogP contribution in [-0.2, 0) is 0 Å². The Morgan fingerprint density at radius 1 is 0.719 bits per heavy atom. The van der Waals surface area contributed by atoms with E-state index >= 15 is 0 Å². The van der Waals surface area contributed by atoms with E-state index in [9.17, 15) is 0 Å². The van der Waals surface area contributed by atoms with Gasteiger partial charge in [0.05, 0.1) is 25.6 Å². The standard InChI is InChI=1S/C24H34N4O2S2/c1-5-7-13-25-23(31)27-19-11-9-17(15-21(19)29-3)18-10-12-20(22(16-18)30-4)28-24(32)26-14-8-6-2/h9-12,15-16H,5-8,13-14H2,1-4H3,(H2,25,27,31)(H2,26,28,32). The van der Waals surface area contributed by atoms with Crippen LogP contribution in [0.3, 0.4) is 0 Å². The molecule has 2 aromatic carbocycles. The molecule has 0 saturated carbocycles. The van der Waals surface area contributed by atoms with Gasteiger partial charge in [0.15, 0.2) is 10.2 Å². The minimum atomic E-state index is 0.588. The van der Waals surface area contributed by atoms with Crippen molar-refractivity contribution in [2.45, 2.75) is 39.5 Å². The first kappa shape index (κ1) is 25.7. The Bertz CT molecular complexity index is 832. The van der Waals surface area contributed by atoms with E-state index < -0.39 is 0 Å². The number of methoxy groups -OCH3 is 2. The van der Waals surface area contributed by atoms with Crippen molar-refractivity contribution in [2.24, 2.45) is 0 Å². The summed E-state index contributed by atoms with van der Waals surface area (Å²) >= 11 is 10.8. The number of rotatable bonds is 11. The van der Waals surface area contributed by atoms with E-state index in [2.05, 4.69) is 35.1 Å². The van der Waals surface area contributed by atoms with Gasteiger partial charge in [-0.2, -0.15) is 0 Å². The first-order chi connectivity index (χ1) is 15.5. The zero-order valence-corrected chi connectivity index (χ0v) is 21.0. The molecule has 0 heterocycles. The van der Waals surface area contributed by atoms with E-state index in [1.54, 1.807) is 14.2 Å². The maximum atomic E-state index is 5.59. The number of thiocarbonyl (C=S) groups is 2. The molecule has 0 bridgehead atoms. The summed E-state index contributed by atoms with van der Waals surface area (Å²) in [6, 6.07) is 11.9. The molecule has 174 valence electrons. The Labute approximate surface area is 202 Å². The van der Waals surface area contributed by atoms with Gasteiger partial charge in [-0.3, -0.25) is 0 Å². The summed E-state index contributed by atoms with van der Waals surface area (Å²) in [6.45, 7) is 5.99. The van der Waals surface area contributed by atoms with E-state index in [0.29, 0.717) is 21.7 Å². The van der Waals surface area contributed by atoms with Crippen molar-refractivity contribution in [3.63, 3.8) is 0 Å². The van der Waals surface area contributed by atoms with E-state index in [1.165, 1.54) is 0 Å². The van der Waals surface area contributed by atoms with Crippen LogP contribution < -0.4 is 30.7 Å². The van der Waals surface area contributed by atoms with Crippen molar-refractivity contribution in [1.82, 2.24) is 10.6 Å². The van der Waals surface area contributed by atoms with Crippen molar-refractivity contribution in [2.75, 3.05) is 37.9 Å². The number of anilines is 2. The Balaban J connectivity index is 2.15. The summed E-state index contributed by atoms with van der Waals surface area (Å²) in [5.41, 5.74) is 3.65. The molecule has 0 unspecified atom stereocenters. The second kappa shape index (κ2) is 13.8. The number of unbranched alkanes of at least 4 members (excludes halogenated alkanes) is 2. The Hall–Kier alpha value is -2.58. The van der Waals surface area contributed by atoms with Crippen LogP contribution in [0.4, 0.5) is 11.4 Å². The molecule has 4 N–H and O–H groups in total. The van der Waals surface area contributed by atoms with Gasteiger partial charge >= 0.3 is 0 Å². The summed E-state index contributed by atoms with van der Waals surface area (Å²) in [5, 5.41) is 14.0. The number of hydrogen-bond donors (Lipinski definition) is 4. The fraction of sp³-hybridized carbons (Fsp3) is 0.417. The summed E-state index contributed by atoms with van der Waals surface area (Å²) in [5.74, 6) is 1.43. The summed E-state index contributed by atoms with van der Waals surface area (Å²) < 4.78 is 11.2. The molecule has 0 atom stereocenters. The van der Waals surface area contributed by atoms with E-state index in [1.807, 2.05) is 36.4 Å². The van der Waals surface area contributed by atoms with Crippen molar-refractivity contribution in [3.05, 3.63) is 36.4 Å². The minimum absolute atomic E-state index is 0.588. The van der Waals surface area contributed by atoms with Crippen molar-refractivity contribution in [1.29, 1.82) is 0 Å². The van der Waals surface area contributed by atoms with Gasteiger partial charge in [-0.05, 0) is 72.7 Å². The summed E-state index contributed by atoms with van der Waals surface area (Å²) in [7, 11) is 3.30. The normalized spacial score (nSPS) is 10.2. The van der Waals surface area contributed by atoms with Crippen LogP contribution in [0.5, 0.6) is 11.5 Å². The predicted molar refractivity (Wildman–Crippen MR) is 143 cm³/mol. The second-order valence-electron chi connectivity index (χ2n) is 7.30. The van der Waals surface area contributed by atoms with E-state index in [4.69, 9.17) is 33.9 Å². The van der Waals surface area contributed by atoms with Crippen LogP contribution >= 0.6 is 24.4 Å². The first-order valence-corrected chi connectivity index (χ1v) is 11.8. The fourth-order valence-corrected chi connectivity index (χ4v) is 3.46. The number of nitrogens with one attached hydrogen (secondary N) is 4. The third-order valence-electron chi connectivity index (χ3n) is 4.86. The molecule has 0 aliphatic heterocycles. The lowest BCUT2D eigenvalue weighted by molar-refractivity contribution is 0.416. The predicted octanol–water partition coefficient (Wildman–Crippen LogP) is 5.54. The highest BCUT2D eigenvalue weighted by atomic mass is 32.1. The quantitative estimate of drug-likeness (QED) is 0.250. The number of ether oxygens (including phenoxy) is 2. The summed E-state index contributed by atoms with van der Waals surface area (Å²) in [4.78, 5) is 0. The van der Waals surface area contributed by atoms with Gasteiger partial charge in [0.25, 0.3) is 0 Å². The molecule has 2 rings (SSSR count). The lowest BCUT2D eigenvalue weighted by Crippen LogP contribution is -2.29. The maximum absolute atomic E-state index is 5.59. The molecule has 2 aromatic rings. The summed E-state index contributed by atoms with van der Waals surface area (Å²) in [6.07, 6.45) is 4.38. The largest absolute Gasteiger partial charge is 0.495 e.